The number of morpholine rings is 1. The fourth-order valence-corrected chi connectivity index (χ4v) is 3.20. The predicted molar refractivity (Wildman–Crippen MR) is 98.3 cm³/mol. The van der Waals surface area contributed by atoms with Crippen molar-refractivity contribution in [3.05, 3.63) is 47.8 Å². The van der Waals surface area contributed by atoms with Gasteiger partial charge in [0, 0.05) is 19.6 Å². The zero-order chi connectivity index (χ0) is 17.9. The van der Waals surface area contributed by atoms with E-state index in [1.54, 1.807) is 0 Å². The second kappa shape index (κ2) is 7.64. The number of nitrogens with zero attached hydrogens (tertiary/aromatic N) is 4. The maximum atomic E-state index is 6.07. The third-order valence-corrected chi connectivity index (χ3v) is 4.62. The minimum Gasteiger partial charge on any atom is -0.374 e. The van der Waals surface area contributed by atoms with Crippen molar-refractivity contribution in [2.24, 2.45) is 0 Å². The quantitative estimate of drug-likeness (QED) is 0.902. The van der Waals surface area contributed by atoms with Crippen LogP contribution in [0.1, 0.15) is 38.1 Å². The lowest BCUT2D eigenvalue weighted by atomic mass is 9.98. The largest absolute Gasteiger partial charge is 0.374 e. The molecule has 1 saturated heterocycles. The van der Waals surface area contributed by atoms with Crippen LogP contribution in [-0.2, 0) is 16.8 Å². The van der Waals surface area contributed by atoms with E-state index < -0.39 is 0 Å². The molecule has 2 aromatic rings. The SMILES string of the molecule is CN1CCO[C@@H](CNCc2cn(C(C)(C)C)nn2)[C@@H]1c1ccccc1. The summed E-state index contributed by atoms with van der Waals surface area (Å²) >= 11 is 0. The van der Waals surface area contributed by atoms with Gasteiger partial charge in [-0.25, -0.2) is 4.68 Å². The van der Waals surface area contributed by atoms with Crippen LogP contribution in [-0.4, -0.2) is 52.7 Å². The van der Waals surface area contributed by atoms with Gasteiger partial charge in [0.05, 0.1) is 36.2 Å². The average molecular weight is 343 g/mol. The molecular formula is C19H29N5O. The van der Waals surface area contributed by atoms with E-state index in [1.807, 2.05) is 10.9 Å². The van der Waals surface area contributed by atoms with Gasteiger partial charge in [0.1, 0.15) is 0 Å². The van der Waals surface area contributed by atoms with Gasteiger partial charge in [-0.15, -0.1) is 5.10 Å². The maximum absolute atomic E-state index is 6.07. The summed E-state index contributed by atoms with van der Waals surface area (Å²) in [7, 11) is 2.17. The van der Waals surface area contributed by atoms with Crippen LogP contribution in [0, 0.1) is 0 Å². The Morgan fingerprint density at radius 3 is 2.68 bits per heavy atom. The lowest BCUT2D eigenvalue weighted by Gasteiger charge is -2.39. The Morgan fingerprint density at radius 2 is 2.00 bits per heavy atom. The minimum absolute atomic E-state index is 0.0428. The van der Waals surface area contributed by atoms with Gasteiger partial charge in [-0.3, -0.25) is 4.90 Å². The second-order valence-electron chi connectivity index (χ2n) is 7.70. The van der Waals surface area contributed by atoms with Crippen LogP contribution in [0.15, 0.2) is 36.5 Å². The molecule has 1 N–H and O–H groups in total. The summed E-state index contributed by atoms with van der Waals surface area (Å²) in [6.45, 7) is 9.56. The van der Waals surface area contributed by atoms with Crippen LogP contribution in [0.3, 0.4) is 0 Å². The number of benzene rings is 1. The molecule has 1 aromatic heterocycles. The van der Waals surface area contributed by atoms with Crippen LogP contribution < -0.4 is 5.32 Å². The van der Waals surface area contributed by atoms with Crippen LogP contribution in [0.4, 0.5) is 0 Å². The van der Waals surface area contributed by atoms with Crippen molar-refractivity contribution in [3.63, 3.8) is 0 Å². The van der Waals surface area contributed by atoms with Crippen molar-refractivity contribution in [3.8, 4) is 0 Å². The molecule has 1 aromatic carbocycles. The molecule has 0 spiro atoms. The fourth-order valence-electron chi connectivity index (χ4n) is 3.20. The van der Waals surface area contributed by atoms with Crippen molar-refractivity contribution in [2.75, 3.05) is 26.7 Å². The van der Waals surface area contributed by atoms with Gasteiger partial charge >= 0.3 is 0 Å². The van der Waals surface area contributed by atoms with Crippen molar-refractivity contribution >= 4 is 0 Å². The lowest BCUT2D eigenvalue weighted by molar-refractivity contribution is -0.0615. The standard InChI is InChI=1S/C19H29N5O/c1-19(2,3)24-14-16(21-22-24)12-20-13-17-18(23(4)10-11-25-17)15-8-6-5-7-9-15/h5-9,14,17-18,20H,10-13H2,1-4H3/t17-,18-/m0/s1. The first-order valence-electron chi connectivity index (χ1n) is 8.94. The first-order chi connectivity index (χ1) is 11.9. The third-order valence-electron chi connectivity index (χ3n) is 4.62. The van der Waals surface area contributed by atoms with E-state index in [0.29, 0.717) is 6.54 Å². The number of hydrogen-bond donors (Lipinski definition) is 1. The van der Waals surface area contributed by atoms with Gasteiger partial charge in [0.15, 0.2) is 0 Å². The molecule has 0 saturated carbocycles. The fraction of sp³-hybridized carbons (Fsp3) is 0.579. The van der Waals surface area contributed by atoms with E-state index in [9.17, 15) is 0 Å². The van der Waals surface area contributed by atoms with Crippen LogP contribution in [0.2, 0.25) is 0 Å². The summed E-state index contributed by atoms with van der Waals surface area (Å²) in [6, 6.07) is 10.9. The highest BCUT2D eigenvalue weighted by molar-refractivity contribution is 5.21. The topological polar surface area (TPSA) is 55.2 Å². The first-order valence-corrected chi connectivity index (χ1v) is 8.94. The Labute approximate surface area is 150 Å². The molecule has 136 valence electrons. The molecule has 1 aliphatic heterocycles. The third kappa shape index (κ3) is 4.45. The molecule has 6 heteroatoms. The van der Waals surface area contributed by atoms with Gasteiger partial charge in [-0.05, 0) is 33.4 Å². The van der Waals surface area contributed by atoms with E-state index in [0.717, 1.165) is 25.4 Å². The Kier molecular flexibility index (Phi) is 5.51. The lowest BCUT2D eigenvalue weighted by Crippen LogP contribution is -2.47. The molecule has 0 radical (unpaired) electrons. The summed E-state index contributed by atoms with van der Waals surface area (Å²) in [6.07, 6.45) is 2.13. The van der Waals surface area contributed by atoms with Crippen LogP contribution >= 0.6 is 0 Å². The van der Waals surface area contributed by atoms with Crippen molar-refractivity contribution in [1.29, 1.82) is 0 Å². The number of ether oxygens (including phenoxy) is 1. The Hall–Kier alpha value is -1.76. The summed E-state index contributed by atoms with van der Waals surface area (Å²) in [5, 5.41) is 12.0. The molecule has 6 nitrogen and oxygen atoms in total. The van der Waals surface area contributed by atoms with Gasteiger partial charge in [0.2, 0.25) is 0 Å². The number of likely N-dealkylation sites (N-methyl/N-ethyl adjacent to an activating group) is 1. The highest BCUT2D eigenvalue weighted by atomic mass is 16.5. The number of rotatable bonds is 5. The maximum Gasteiger partial charge on any atom is 0.0965 e. The zero-order valence-corrected chi connectivity index (χ0v) is 15.6. The van der Waals surface area contributed by atoms with Gasteiger partial charge in [0.25, 0.3) is 0 Å². The normalized spacial score (nSPS) is 22.2. The molecular weight excluding hydrogens is 314 g/mol. The molecule has 1 aliphatic rings. The summed E-state index contributed by atoms with van der Waals surface area (Å²) in [4.78, 5) is 2.38. The van der Waals surface area contributed by atoms with Gasteiger partial charge in [-0.1, -0.05) is 35.5 Å². The molecule has 1 fully saturated rings. The number of nitrogens with one attached hydrogen (secondary N) is 1. The summed E-state index contributed by atoms with van der Waals surface area (Å²) in [5.74, 6) is 0. The highest BCUT2D eigenvalue weighted by Gasteiger charge is 2.31. The number of hydrogen-bond acceptors (Lipinski definition) is 5. The molecule has 3 rings (SSSR count). The van der Waals surface area contributed by atoms with E-state index in [4.69, 9.17) is 4.74 Å². The molecule has 0 unspecified atom stereocenters. The summed E-state index contributed by atoms with van der Waals surface area (Å²) < 4.78 is 7.97. The molecule has 2 heterocycles. The monoisotopic (exact) mass is 343 g/mol. The molecule has 0 bridgehead atoms. The van der Waals surface area contributed by atoms with Gasteiger partial charge in [-0.2, -0.15) is 0 Å². The van der Waals surface area contributed by atoms with Crippen molar-refractivity contribution in [1.82, 2.24) is 25.2 Å². The highest BCUT2D eigenvalue weighted by Crippen LogP contribution is 2.27. The van der Waals surface area contributed by atoms with Crippen molar-refractivity contribution < 1.29 is 4.74 Å². The second-order valence-corrected chi connectivity index (χ2v) is 7.70. The summed E-state index contributed by atoms with van der Waals surface area (Å²) in [5.41, 5.74) is 2.21. The zero-order valence-electron chi connectivity index (χ0n) is 15.6. The van der Waals surface area contributed by atoms with Crippen LogP contribution in [0.25, 0.3) is 0 Å². The average Bonchev–Trinajstić information content (AvgIpc) is 3.05. The first kappa shape index (κ1) is 18.0. The Balaban J connectivity index is 1.60. The van der Waals surface area contributed by atoms with Crippen molar-refractivity contribution in [2.45, 2.75) is 45.0 Å². The molecule has 25 heavy (non-hydrogen) atoms. The van der Waals surface area contributed by atoms with E-state index >= 15 is 0 Å². The van der Waals surface area contributed by atoms with Crippen LogP contribution in [0.5, 0.6) is 0 Å². The molecule has 2 atom stereocenters. The smallest absolute Gasteiger partial charge is 0.0965 e. The van der Waals surface area contributed by atoms with E-state index in [2.05, 4.69) is 78.7 Å². The number of aromatic nitrogens is 3. The van der Waals surface area contributed by atoms with E-state index in [1.165, 1.54) is 5.56 Å². The Bertz CT molecular complexity index is 664. The minimum atomic E-state index is -0.0428. The van der Waals surface area contributed by atoms with E-state index in [-0.39, 0.29) is 17.7 Å². The Morgan fingerprint density at radius 1 is 1.24 bits per heavy atom. The predicted octanol–water partition coefficient (Wildman–Crippen LogP) is 2.19. The molecule has 0 amide bonds. The molecule has 0 aliphatic carbocycles. The van der Waals surface area contributed by atoms with Gasteiger partial charge < -0.3 is 10.1 Å².